The molecule has 1 aromatic rings. The van der Waals surface area contributed by atoms with Crippen molar-refractivity contribution in [3.05, 3.63) is 29.3 Å². The molecule has 1 aliphatic heterocycles. The molecule has 1 atom stereocenters. The van der Waals surface area contributed by atoms with Crippen LogP contribution < -0.4 is 0 Å². The molecule has 0 unspecified atom stereocenters. The van der Waals surface area contributed by atoms with Crippen LogP contribution in [0.4, 0.5) is 0 Å². The van der Waals surface area contributed by atoms with Crippen molar-refractivity contribution >= 4 is 0 Å². The van der Waals surface area contributed by atoms with Crippen LogP contribution in [0.5, 0.6) is 5.75 Å². The molecule has 90 valence electrons. The largest absolute Gasteiger partial charge is 0.508 e. The zero-order valence-electron chi connectivity index (χ0n) is 9.80. The molecule has 2 rings (SSSR count). The fourth-order valence-electron chi connectivity index (χ4n) is 2.35. The monoisotopic (exact) mass is 232 g/mol. The number of phenolic OH excluding ortho intramolecular Hbond substituents is 1. The molecule has 0 amide bonds. The molecule has 4 heteroatoms. The maximum Gasteiger partial charge on any atom is 0.120 e. The second kappa shape index (κ2) is 4.74. The first-order chi connectivity index (χ1) is 8.11. The number of rotatable bonds is 3. The van der Waals surface area contributed by atoms with Gasteiger partial charge in [0.1, 0.15) is 5.75 Å². The van der Waals surface area contributed by atoms with Gasteiger partial charge in [0.25, 0.3) is 0 Å². The van der Waals surface area contributed by atoms with Gasteiger partial charge in [0.2, 0.25) is 0 Å². The van der Waals surface area contributed by atoms with Gasteiger partial charge in [0, 0.05) is 31.1 Å². The number of likely N-dealkylation sites (tertiary alicyclic amines) is 1. The molecule has 0 aromatic heterocycles. The minimum atomic E-state index is -0.337. The third kappa shape index (κ3) is 2.41. The second-order valence-electron chi connectivity index (χ2n) is 4.61. The number of hydrogen-bond donors (Lipinski definition) is 2. The van der Waals surface area contributed by atoms with E-state index >= 15 is 0 Å². The topological polar surface area (TPSA) is 67.5 Å². The molecule has 1 aromatic carbocycles. The number of nitrogens with zero attached hydrogens (tertiary/aromatic N) is 2. The van der Waals surface area contributed by atoms with Crippen LogP contribution in [-0.2, 0) is 0 Å². The summed E-state index contributed by atoms with van der Waals surface area (Å²) in [5.74, 6) is 0.398. The number of phenols is 1. The van der Waals surface area contributed by atoms with E-state index in [2.05, 4.69) is 11.0 Å². The molecule has 17 heavy (non-hydrogen) atoms. The van der Waals surface area contributed by atoms with Gasteiger partial charge in [-0.15, -0.1) is 0 Å². The van der Waals surface area contributed by atoms with Crippen molar-refractivity contribution in [1.82, 2.24) is 4.90 Å². The van der Waals surface area contributed by atoms with Crippen molar-refractivity contribution in [2.45, 2.75) is 18.9 Å². The highest BCUT2D eigenvalue weighted by Crippen LogP contribution is 2.35. The van der Waals surface area contributed by atoms with Crippen molar-refractivity contribution < 1.29 is 10.2 Å². The Morgan fingerprint density at radius 1 is 1.53 bits per heavy atom. The smallest absolute Gasteiger partial charge is 0.120 e. The number of benzene rings is 1. The Bertz CT molecular complexity index is 445. The van der Waals surface area contributed by atoms with E-state index in [0.717, 1.165) is 18.7 Å². The quantitative estimate of drug-likeness (QED) is 0.817. The minimum Gasteiger partial charge on any atom is -0.508 e. The summed E-state index contributed by atoms with van der Waals surface area (Å²) in [6.07, 6.45) is -0.337. The number of aliphatic hydroxyl groups excluding tert-OH is 1. The number of aliphatic hydroxyl groups is 1. The molecule has 1 fully saturated rings. The molecule has 0 radical (unpaired) electrons. The van der Waals surface area contributed by atoms with E-state index < -0.39 is 0 Å². The molecular formula is C13H16N2O2. The van der Waals surface area contributed by atoms with Crippen LogP contribution in [0.15, 0.2) is 18.2 Å². The SMILES string of the molecule is C[C@H](O)CN1CC(c2c(O)cccc2C#N)C1. The standard InChI is InChI=1S/C13H16N2O2/c1-9(16)6-15-7-11(8-15)13-10(5-14)3-2-4-12(13)17/h2-4,9,11,16-17H,6-8H2,1H3/t9-/m0/s1. The zero-order chi connectivity index (χ0) is 12.4. The number of hydrogen-bond acceptors (Lipinski definition) is 4. The maximum absolute atomic E-state index is 9.81. The van der Waals surface area contributed by atoms with Crippen LogP contribution in [0, 0.1) is 11.3 Å². The van der Waals surface area contributed by atoms with Crippen LogP contribution in [0.2, 0.25) is 0 Å². The van der Waals surface area contributed by atoms with E-state index in [1.807, 2.05) is 0 Å². The van der Waals surface area contributed by atoms with Crippen LogP contribution >= 0.6 is 0 Å². The van der Waals surface area contributed by atoms with E-state index in [1.54, 1.807) is 25.1 Å². The van der Waals surface area contributed by atoms with E-state index in [4.69, 9.17) is 5.26 Å². The van der Waals surface area contributed by atoms with E-state index in [9.17, 15) is 10.2 Å². The predicted molar refractivity (Wildman–Crippen MR) is 63.7 cm³/mol. The maximum atomic E-state index is 9.81. The minimum absolute atomic E-state index is 0.199. The summed E-state index contributed by atoms with van der Waals surface area (Å²) in [6.45, 7) is 3.98. The first-order valence-corrected chi connectivity index (χ1v) is 5.74. The summed E-state index contributed by atoms with van der Waals surface area (Å²) in [4.78, 5) is 2.11. The molecule has 0 saturated carbocycles. The Labute approximate surface area is 101 Å². The van der Waals surface area contributed by atoms with Crippen molar-refractivity contribution in [3.8, 4) is 11.8 Å². The Hall–Kier alpha value is -1.57. The van der Waals surface area contributed by atoms with Gasteiger partial charge < -0.3 is 10.2 Å². The Balaban J connectivity index is 2.09. The van der Waals surface area contributed by atoms with E-state index in [-0.39, 0.29) is 17.8 Å². The van der Waals surface area contributed by atoms with Gasteiger partial charge in [-0.25, -0.2) is 0 Å². The lowest BCUT2D eigenvalue weighted by Crippen LogP contribution is -2.47. The highest BCUT2D eigenvalue weighted by molar-refractivity contribution is 5.49. The summed E-state index contributed by atoms with van der Waals surface area (Å²) in [5, 5.41) is 28.1. The molecule has 0 spiro atoms. The average Bonchev–Trinajstić information content (AvgIpc) is 2.23. The third-order valence-corrected chi connectivity index (χ3v) is 3.09. The first-order valence-electron chi connectivity index (χ1n) is 5.74. The van der Waals surface area contributed by atoms with Crippen LogP contribution in [0.25, 0.3) is 0 Å². The molecule has 1 saturated heterocycles. The number of aromatic hydroxyl groups is 1. The van der Waals surface area contributed by atoms with Crippen molar-refractivity contribution in [2.24, 2.45) is 0 Å². The summed E-state index contributed by atoms with van der Waals surface area (Å²) < 4.78 is 0. The lowest BCUT2D eigenvalue weighted by Gasteiger charge is -2.40. The first kappa shape index (κ1) is 11.9. The van der Waals surface area contributed by atoms with Gasteiger partial charge in [-0.2, -0.15) is 5.26 Å². The van der Waals surface area contributed by atoms with Crippen molar-refractivity contribution in [2.75, 3.05) is 19.6 Å². The van der Waals surface area contributed by atoms with Gasteiger partial charge in [-0.05, 0) is 19.1 Å². The van der Waals surface area contributed by atoms with E-state index in [1.165, 1.54) is 0 Å². The molecule has 1 aliphatic rings. The van der Waals surface area contributed by atoms with Gasteiger partial charge >= 0.3 is 0 Å². The molecule has 0 aliphatic carbocycles. The lowest BCUT2D eigenvalue weighted by molar-refractivity contribution is 0.0734. The highest BCUT2D eigenvalue weighted by atomic mass is 16.3. The molecule has 0 bridgehead atoms. The zero-order valence-corrected chi connectivity index (χ0v) is 9.80. The molecule has 2 N–H and O–H groups in total. The van der Waals surface area contributed by atoms with Crippen LogP contribution in [0.3, 0.4) is 0 Å². The lowest BCUT2D eigenvalue weighted by atomic mass is 9.87. The summed E-state index contributed by atoms with van der Waals surface area (Å²) >= 11 is 0. The Morgan fingerprint density at radius 3 is 2.82 bits per heavy atom. The van der Waals surface area contributed by atoms with E-state index in [0.29, 0.717) is 12.1 Å². The molecule has 1 heterocycles. The van der Waals surface area contributed by atoms with Gasteiger partial charge in [0.15, 0.2) is 0 Å². The van der Waals surface area contributed by atoms with Gasteiger partial charge in [-0.3, -0.25) is 4.90 Å². The predicted octanol–water partition coefficient (Wildman–Crippen LogP) is 1.04. The number of nitriles is 1. The Morgan fingerprint density at radius 2 is 2.24 bits per heavy atom. The summed E-state index contributed by atoms with van der Waals surface area (Å²) in [6, 6.07) is 7.14. The van der Waals surface area contributed by atoms with Crippen LogP contribution in [0.1, 0.15) is 24.0 Å². The fraction of sp³-hybridized carbons (Fsp3) is 0.462. The summed E-state index contributed by atoms with van der Waals surface area (Å²) in [5.41, 5.74) is 1.29. The summed E-state index contributed by atoms with van der Waals surface area (Å²) in [7, 11) is 0. The van der Waals surface area contributed by atoms with Crippen molar-refractivity contribution in [3.63, 3.8) is 0 Å². The Kier molecular flexibility index (Phi) is 3.32. The molecular weight excluding hydrogens is 216 g/mol. The average molecular weight is 232 g/mol. The van der Waals surface area contributed by atoms with Crippen LogP contribution in [-0.4, -0.2) is 40.9 Å². The number of β-amino-alcohol motifs (C(OH)–C–C–N with tert-alkyl or cyclic N) is 1. The highest BCUT2D eigenvalue weighted by Gasteiger charge is 2.31. The van der Waals surface area contributed by atoms with Gasteiger partial charge in [-0.1, -0.05) is 6.07 Å². The third-order valence-electron chi connectivity index (χ3n) is 3.09. The normalized spacial score (nSPS) is 18.4. The second-order valence-corrected chi connectivity index (χ2v) is 4.61. The van der Waals surface area contributed by atoms with Crippen molar-refractivity contribution in [1.29, 1.82) is 5.26 Å². The molecule has 4 nitrogen and oxygen atoms in total. The fourth-order valence-corrected chi connectivity index (χ4v) is 2.35. The van der Waals surface area contributed by atoms with Gasteiger partial charge in [0.05, 0.1) is 17.7 Å².